The molecule has 2 aromatic heterocycles. The van der Waals surface area contributed by atoms with Gasteiger partial charge in [0, 0.05) is 6.20 Å². The van der Waals surface area contributed by atoms with E-state index in [1.54, 1.807) is 35.0 Å². The van der Waals surface area contributed by atoms with E-state index in [9.17, 15) is 9.18 Å². The molecule has 0 saturated heterocycles. The van der Waals surface area contributed by atoms with E-state index in [1.807, 2.05) is 0 Å². The Morgan fingerprint density at radius 1 is 1.36 bits per heavy atom. The molecule has 114 valence electrons. The molecule has 0 radical (unpaired) electrons. The number of hydrogen-bond acceptors (Lipinski definition) is 3. The first kappa shape index (κ1) is 14.8. The number of aromatic nitrogens is 3. The lowest BCUT2D eigenvalue weighted by Gasteiger charge is -2.11. The second-order valence-corrected chi connectivity index (χ2v) is 5.40. The number of hydrogen-bond donors (Lipinski definition) is 2. The van der Waals surface area contributed by atoms with E-state index in [-0.39, 0.29) is 11.3 Å². The second-order valence-electron chi connectivity index (χ2n) is 4.60. The van der Waals surface area contributed by atoms with E-state index < -0.39 is 6.86 Å². The maximum absolute atomic E-state index is 12.3. The monoisotopic (exact) mass is 339 g/mol. The molecule has 0 atom stereocenters. The van der Waals surface area contributed by atoms with Gasteiger partial charge in [0.05, 0.1) is 17.1 Å². The van der Waals surface area contributed by atoms with Crippen LogP contribution in [0.1, 0.15) is 5.56 Å². The van der Waals surface area contributed by atoms with Gasteiger partial charge in [0.1, 0.15) is 11.3 Å². The van der Waals surface area contributed by atoms with Crippen molar-refractivity contribution < 1.29 is 9.13 Å². The van der Waals surface area contributed by atoms with Crippen LogP contribution in [0.3, 0.4) is 0 Å². The Morgan fingerprint density at radius 2 is 2.18 bits per heavy atom. The topological polar surface area (TPSA) is 62.8 Å². The predicted octanol–water partition coefficient (Wildman–Crippen LogP) is 3.39. The molecule has 3 aromatic rings. The van der Waals surface area contributed by atoms with Gasteiger partial charge in [0.25, 0.3) is 5.56 Å². The fraction of sp³-hybridized carbons (Fsp3) is 0.143. The zero-order chi connectivity index (χ0) is 15.7. The minimum Gasteiger partial charge on any atom is -0.461 e. The van der Waals surface area contributed by atoms with Gasteiger partial charge in [-0.05, 0) is 36.0 Å². The third-order valence-electron chi connectivity index (χ3n) is 3.25. The van der Waals surface area contributed by atoms with Gasteiger partial charge in [-0.15, -0.1) is 0 Å². The lowest BCUT2D eigenvalue weighted by Crippen LogP contribution is -2.14. The maximum Gasteiger partial charge on any atom is 0.276 e. The minimum absolute atomic E-state index is 0.265. The third kappa shape index (κ3) is 2.65. The number of fused-ring (bicyclic) bond motifs is 1. The van der Waals surface area contributed by atoms with Crippen molar-refractivity contribution in [3.63, 3.8) is 0 Å². The summed E-state index contributed by atoms with van der Waals surface area (Å²) in [5.74, 6) is 0.267. The Labute approximate surface area is 134 Å². The first-order chi connectivity index (χ1) is 10.6. The van der Waals surface area contributed by atoms with Gasteiger partial charge in [0.2, 0.25) is 6.86 Å². The minimum atomic E-state index is -0.955. The van der Waals surface area contributed by atoms with Gasteiger partial charge in [-0.3, -0.25) is 9.78 Å². The van der Waals surface area contributed by atoms with Gasteiger partial charge in [-0.2, -0.15) is 0 Å². The SMILES string of the molecule is O=c1[nH]c(=S)n(Cc2ccc(Cl)c(OCF)c2)c2cc[nH]c12. The summed E-state index contributed by atoms with van der Waals surface area (Å²) < 4.78 is 19.3. The zero-order valence-electron chi connectivity index (χ0n) is 11.2. The summed E-state index contributed by atoms with van der Waals surface area (Å²) in [7, 11) is 0. The summed E-state index contributed by atoms with van der Waals surface area (Å²) in [4.78, 5) is 17.3. The van der Waals surface area contributed by atoms with Crippen molar-refractivity contribution in [3.8, 4) is 5.75 Å². The fourth-order valence-electron chi connectivity index (χ4n) is 2.26. The van der Waals surface area contributed by atoms with Crippen molar-refractivity contribution >= 4 is 34.9 Å². The quantitative estimate of drug-likeness (QED) is 0.716. The predicted molar refractivity (Wildman–Crippen MR) is 84.9 cm³/mol. The van der Waals surface area contributed by atoms with Gasteiger partial charge in [-0.25, -0.2) is 4.39 Å². The van der Waals surface area contributed by atoms with Crippen molar-refractivity contribution in [1.82, 2.24) is 14.5 Å². The molecule has 2 heterocycles. The second kappa shape index (κ2) is 5.94. The lowest BCUT2D eigenvalue weighted by atomic mass is 10.2. The van der Waals surface area contributed by atoms with Crippen molar-refractivity contribution in [3.05, 3.63) is 56.2 Å². The molecule has 5 nitrogen and oxygen atoms in total. The van der Waals surface area contributed by atoms with Crippen LogP contribution in [0.15, 0.2) is 35.3 Å². The van der Waals surface area contributed by atoms with Crippen LogP contribution < -0.4 is 10.3 Å². The number of H-pyrrole nitrogens is 2. The van der Waals surface area contributed by atoms with E-state index in [2.05, 4.69) is 9.97 Å². The zero-order valence-corrected chi connectivity index (χ0v) is 12.8. The molecular weight excluding hydrogens is 329 g/mol. The van der Waals surface area contributed by atoms with E-state index in [1.165, 1.54) is 0 Å². The van der Waals surface area contributed by atoms with Crippen LogP contribution in [0.4, 0.5) is 4.39 Å². The Bertz CT molecular complexity index is 947. The summed E-state index contributed by atoms with van der Waals surface area (Å²) in [6.45, 7) is -0.562. The Balaban J connectivity index is 2.07. The van der Waals surface area contributed by atoms with E-state index >= 15 is 0 Å². The molecule has 0 unspecified atom stereocenters. The molecule has 0 fully saturated rings. The van der Waals surface area contributed by atoms with E-state index in [0.717, 1.165) is 5.56 Å². The molecule has 0 aliphatic heterocycles. The number of halogens is 2. The normalized spacial score (nSPS) is 11.0. The standard InChI is InChI=1S/C14H11ClFN3O2S/c15-9-2-1-8(5-11(9)21-7-16)6-19-10-3-4-17-12(10)13(20)18-14(19)22/h1-5,17H,6-7H2,(H,18,20,22). The number of ether oxygens (including phenoxy) is 1. The number of benzene rings is 1. The first-order valence-electron chi connectivity index (χ1n) is 6.37. The molecule has 8 heteroatoms. The molecule has 0 aliphatic rings. The van der Waals surface area contributed by atoms with Crippen LogP contribution in [0.25, 0.3) is 11.0 Å². The van der Waals surface area contributed by atoms with Gasteiger partial charge >= 0.3 is 0 Å². The number of alkyl halides is 1. The number of rotatable bonds is 4. The molecule has 22 heavy (non-hydrogen) atoms. The third-order valence-corrected chi connectivity index (χ3v) is 3.89. The molecule has 1 aromatic carbocycles. The average Bonchev–Trinajstić information content (AvgIpc) is 2.97. The van der Waals surface area contributed by atoms with E-state index in [4.69, 9.17) is 28.6 Å². The molecule has 0 aliphatic carbocycles. The highest BCUT2D eigenvalue weighted by atomic mass is 35.5. The van der Waals surface area contributed by atoms with Crippen LogP contribution in [0.5, 0.6) is 5.75 Å². The Kier molecular flexibility index (Phi) is 4.00. The summed E-state index contributed by atoms with van der Waals surface area (Å²) in [6.07, 6.45) is 1.67. The summed E-state index contributed by atoms with van der Waals surface area (Å²) >= 11 is 11.2. The van der Waals surface area contributed by atoms with Gasteiger partial charge < -0.3 is 14.3 Å². The molecule has 0 saturated carbocycles. The number of aromatic amines is 2. The average molecular weight is 340 g/mol. The highest BCUT2D eigenvalue weighted by Crippen LogP contribution is 2.26. The Morgan fingerprint density at radius 3 is 2.95 bits per heavy atom. The smallest absolute Gasteiger partial charge is 0.276 e. The number of nitrogens with zero attached hydrogens (tertiary/aromatic N) is 1. The van der Waals surface area contributed by atoms with Crippen molar-refractivity contribution in [1.29, 1.82) is 0 Å². The molecule has 0 bridgehead atoms. The van der Waals surface area contributed by atoms with Crippen LogP contribution in [0, 0.1) is 4.77 Å². The summed E-state index contributed by atoms with van der Waals surface area (Å²) in [5.41, 5.74) is 1.69. The van der Waals surface area contributed by atoms with Crippen molar-refractivity contribution in [2.24, 2.45) is 0 Å². The molecule has 0 amide bonds. The molecular formula is C14H11ClFN3O2S. The highest BCUT2D eigenvalue weighted by molar-refractivity contribution is 7.71. The van der Waals surface area contributed by atoms with Gasteiger partial charge in [0.15, 0.2) is 4.77 Å². The van der Waals surface area contributed by atoms with E-state index in [0.29, 0.717) is 27.4 Å². The lowest BCUT2D eigenvalue weighted by molar-refractivity contribution is 0.191. The van der Waals surface area contributed by atoms with Gasteiger partial charge in [-0.1, -0.05) is 17.7 Å². The molecule has 0 spiro atoms. The number of nitrogens with one attached hydrogen (secondary N) is 2. The van der Waals surface area contributed by atoms with Crippen LogP contribution in [-0.2, 0) is 6.54 Å². The fourth-order valence-corrected chi connectivity index (χ4v) is 2.69. The van der Waals surface area contributed by atoms with Crippen LogP contribution in [0.2, 0.25) is 5.02 Å². The molecule has 2 N–H and O–H groups in total. The summed E-state index contributed by atoms with van der Waals surface area (Å²) in [5, 5.41) is 0.332. The Hall–Kier alpha value is -2.12. The van der Waals surface area contributed by atoms with Crippen molar-refractivity contribution in [2.75, 3.05) is 6.86 Å². The van der Waals surface area contributed by atoms with Crippen LogP contribution in [-0.4, -0.2) is 21.4 Å². The molecule has 3 rings (SSSR count). The first-order valence-corrected chi connectivity index (χ1v) is 7.16. The maximum atomic E-state index is 12.3. The largest absolute Gasteiger partial charge is 0.461 e. The highest BCUT2D eigenvalue weighted by Gasteiger charge is 2.09. The van der Waals surface area contributed by atoms with Crippen LogP contribution >= 0.6 is 23.8 Å². The van der Waals surface area contributed by atoms with Crippen molar-refractivity contribution in [2.45, 2.75) is 6.54 Å². The summed E-state index contributed by atoms with van der Waals surface area (Å²) in [6, 6.07) is 6.84.